The number of furan rings is 1. The van der Waals surface area contributed by atoms with E-state index in [0.29, 0.717) is 17.1 Å². The van der Waals surface area contributed by atoms with Crippen LogP contribution in [0.5, 0.6) is 0 Å². The van der Waals surface area contributed by atoms with Crippen LogP contribution in [0, 0.1) is 10.1 Å². The second kappa shape index (κ2) is 7.13. The lowest BCUT2D eigenvalue weighted by Crippen LogP contribution is -2.18. The minimum atomic E-state index is -0.519. The minimum Gasteiger partial charge on any atom is -0.455 e. The molecule has 124 valence electrons. The summed E-state index contributed by atoms with van der Waals surface area (Å²) in [5, 5.41) is 14.8. The van der Waals surface area contributed by atoms with Crippen LogP contribution in [-0.2, 0) is 0 Å². The molecule has 25 heavy (non-hydrogen) atoms. The number of nitro groups is 1. The number of benzene rings is 1. The molecular formula is C16H11N5O4. The van der Waals surface area contributed by atoms with E-state index in [2.05, 4.69) is 20.5 Å². The Bertz CT molecular complexity index is 936. The quantitative estimate of drug-likeness (QED) is 0.433. The van der Waals surface area contributed by atoms with E-state index >= 15 is 0 Å². The second-order valence-electron chi connectivity index (χ2n) is 4.77. The van der Waals surface area contributed by atoms with Crippen molar-refractivity contribution >= 4 is 17.8 Å². The zero-order valence-corrected chi connectivity index (χ0v) is 12.7. The van der Waals surface area contributed by atoms with Gasteiger partial charge in [-0.25, -0.2) is 10.4 Å². The fourth-order valence-electron chi connectivity index (χ4n) is 2.04. The van der Waals surface area contributed by atoms with Crippen LogP contribution in [-0.4, -0.2) is 27.0 Å². The summed E-state index contributed by atoms with van der Waals surface area (Å²) in [7, 11) is 0. The summed E-state index contributed by atoms with van der Waals surface area (Å²) in [6.45, 7) is 0. The number of carbonyl (C=O) groups excluding carboxylic acids is 1. The Kier molecular flexibility index (Phi) is 4.56. The van der Waals surface area contributed by atoms with Gasteiger partial charge in [-0.3, -0.25) is 19.9 Å². The molecule has 0 radical (unpaired) electrons. The highest BCUT2D eigenvalue weighted by molar-refractivity contribution is 5.92. The van der Waals surface area contributed by atoms with Crippen molar-refractivity contribution in [3.05, 3.63) is 76.6 Å². The van der Waals surface area contributed by atoms with Gasteiger partial charge >= 0.3 is 0 Å². The van der Waals surface area contributed by atoms with Crippen molar-refractivity contribution in [2.24, 2.45) is 5.10 Å². The van der Waals surface area contributed by atoms with Crippen molar-refractivity contribution in [1.29, 1.82) is 0 Å². The van der Waals surface area contributed by atoms with Gasteiger partial charge in [0, 0.05) is 18.5 Å². The Morgan fingerprint density at radius 1 is 1.24 bits per heavy atom. The number of hydrogen-bond donors (Lipinski definition) is 1. The zero-order chi connectivity index (χ0) is 17.6. The SMILES string of the molecule is O=C(NN=Cc1ccc(-c2ccccc2[N+](=O)[O-])o1)c1cnccn1. The van der Waals surface area contributed by atoms with E-state index < -0.39 is 10.8 Å². The third-order valence-corrected chi connectivity index (χ3v) is 3.15. The Morgan fingerprint density at radius 2 is 2.08 bits per heavy atom. The number of rotatable bonds is 5. The maximum Gasteiger partial charge on any atom is 0.291 e. The monoisotopic (exact) mass is 337 g/mol. The summed E-state index contributed by atoms with van der Waals surface area (Å²) < 4.78 is 5.52. The average Bonchev–Trinajstić information content (AvgIpc) is 3.11. The number of para-hydroxylation sites is 1. The topological polar surface area (TPSA) is 124 Å². The predicted molar refractivity (Wildman–Crippen MR) is 87.9 cm³/mol. The summed E-state index contributed by atoms with van der Waals surface area (Å²) in [5.41, 5.74) is 2.71. The number of nitro benzene ring substituents is 1. The number of hydrogen-bond acceptors (Lipinski definition) is 7. The van der Waals surface area contributed by atoms with Crippen LogP contribution < -0.4 is 5.43 Å². The van der Waals surface area contributed by atoms with Gasteiger partial charge in [-0.2, -0.15) is 5.10 Å². The Balaban J connectivity index is 1.72. The third-order valence-electron chi connectivity index (χ3n) is 3.15. The molecule has 0 aliphatic rings. The summed E-state index contributed by atoms with van der Waals surface area (Å²) in [5.74, 6) is 0.136. The number of nitrogens with zero attached hydrogens (tertiary/aromatic N) is 4. The summed E-state index contributed by atoms with van der Waals surface area (Å²) in [6, 6.07) is 9.42. The maximum absolute atomic E-state index is 11.7. The van der Waals surface area contributed by atoms with Gasteiger partial charge in [-0.05, 0) is 18.2 Å². The molecule has 0 atom stereocenters. The minimum absolute atomic E-state index is 0.0590. The molecule has 1 amide bonds. The maximum atomic E-state index is 11.7. The number of nitrogens with one attached hydrogen (secondary N) is 1. The van der Waals surface area contributed by atoms with E-state index in [1.165, 1.54) is 30.9 Å². The van der Waals surface area contributed by atoms with E-state index in [0.717, 1.165) is 0 Å². The molecule has 2 heterocycles. The van der Waals surface area contributed by atoms with E-state index in [-0.39, 0.29) is 11.4 Å². The molecule has 0 saturated heterocycles. The molecule has 9 heteroatoms. The van der Waals surface area contributed by atoms with Gasteiger partial charge in [-0.1, -0.05) is 12.1 Å². The van der Waals surface area contributed by atoms with Gasteiger partial charge in [0.2, 0.25) is 0 Å². The highest BCUT2D eigenvalue weighted by Crippen LogP contribution is 2.30. The predicted octanol–water partition coefficient (Wildman–Crippen LogP) is 2.41. The van der Waals surface area contributed by atoms with Crippen LogP contribution in [0.2, 0.25) is 0 Å². The second-order valence-corrected chi connectivity index (χ2v) is 4.77. The molecule has 0 bridgehead atoms. The first-order chi connectivity index (χ1) is 12.1. The van der Waals surface area contributed by atoms with Gasteiger partial charge in [0.25, 0.3) is 11.6 Å². The van der Waals surface area contributed by atoms with Crippen molar-refractivity contribution in [1.82, 2.24) is 15.4 Å². The van der Waals surface area contributed by atoms with Crippen molar-refractivity contribution in [3.63, 3.8) is 0 Å². The smallest absolute Gasteiger partial charge is 0.291 e. The number of hydrazone groups is 1. The lowest BCUT2D eigenvalue weighted by Gasteiger charge is -1.98. The average molecular weight is 337 g/mol. The Labute approximate surface area is 141 Å². The van der Waals surface area contributed by atoms with Crippen LogP contribution in [0.3, 0.4) is 0 Å². The third kappa shape index (κ3) is 3.72. The van der Waals surface area contributed by atoms with Gasteiger partial charge in [0.1, 0.15) is 17.2 Å². The van der Waals surface area contributed by atoms with Crippen molar-refractivity contribution in [2.75, 3.05) is 0 Å². The molecule has 3 aromatic rings. The van der Waals surface area contributed by atoms with Gasteiger partial charge in [0.05, 0.1) is 22.9 Å². The van der Waals surface area contributed by atoms with Crippen molar-refractivity contribution in [3.8, 4) is 11.3 Å². The number of carbonyl (C=O) groups is 1. The highest BCUT2D eigenvalue weighted by Gasteiger charge is 2.16. The van der Waals surface area contributed by atoms with Crippen LogP contribution in [0.25, 0.3) is 11.3 Å². The molecule has 0 fully saturated rings. The first kappa shape index (κ1) is 16.0. The zero-order valence-electron chi connectivity index (χ0n) is 12.7. The van der Waals surface area contributed by atoms with Gasteiger partial charge < -0.3 is 4.42 Å². The van der Waals surface area contributed by atoms with Crippen LogP contribution >= 0.6 is 0 Å². The molecule has 9 nitrogen and oxygen atoms in total. The molecule has 0 aliphatic heterocycles. The molecule has 2 aromatic heterocycles. The van der Waals surface area contributed by atoms with Crippen molar-refractivity contribution in [2.45, 2.75) is 0 Å². The van der Waals surface area contributed by atoms with Gasteiger partial charge in [-0.15, -0.1) is 0 Å². The van der Waals surface area contributed by atoms with E-state index in [9.17, 15) is 14.9 Å². The van der Waals surface area contributed by atoms with Crippen LogP contribution in [0.4, 0.5) is 5.69 Å². The normalized spacial score (nSPS) is 10.7. The number of aromatic nitrogens is 2. The first-order valence-electron chi connectivity index (χ1n) is 7.08. The standard InChI is InChI=1S/C16H11N5O4/c22-16(13-10-17-7-8-18-13)20-19-9-11-5-6-15(25-11)12-3-1-2-4-14(12)21(23)24/h1-10H,(H,20,22). The Hall–Kier alpha value is -3.88. The summed E-state index contributed by atoms with van der Waals surface area (Å²) in [4.78, 5) is 30.0. The largest absolute Gasteiger partial charge is 0.455 e. The molecule has 0 saturated carbocycles. The molecular weight excluding hydrogens is 326 g/mol. The van der Waals surface area contributed by atoms with Crippen molar-refractivity contribution < 1.29 is 14.1 Å². The molecule has 0 aliphatic carbocycles. The lowest BCUT2D eigenvalue weighted by atomic mass is 10.1. The van der Waals surface area contributed by atoms with E-state index in [4.69, 9.17) is 4.42 Å². The number of amides is 1. The lowest BCUT2D eigenvalue weighted by molar-refractivity contribution is -0.384. The molecule has 1 N–H and O–H groups in total. The molecule has 3 rings (SSSR count). The molecule has 0 unspecified atom stereocenters. The fourth-order valence-corrected chi connectivity index (χ4v) is 2.04. The molecule has 0 spiro atoms. The molecule has 1 aromatic carbocycles. The van der Waals surface area contributed by atoms with Crippen LogP contribution in [0.15, 0.2) is 64.5 Å². The van der Waals surface area contributed by atoms with Gasteiger partial charge in [0.15, 0.2) is 0 Å². The fraction of sp³-hybridized carbons (Fsp3) is 0. The summed E-state index contributed by atoms with van der Waals surface area (Å²) >= 11 is 0. The van der Waals surface area contributed by atoms with E-state index in [1.54, 1.807) is 30.3 Å². The highest BCUT2D eigenvalue weighted by atomic mass is 16.6. The van der Waals surface area contributed by atoms with Crippen LogP contribution in [0.1, 0.15) is 16.2 Å². The Morgan fingerprint density at radius 3 is 2.84 bits per heavy atom. The first-order valence-corrected chi connectivity index (χ1v) is 7.08. The van der Waals surface area contributed by atoms with E-state index in [1.807, 2.05) is 0 Å². The summed E-state index contributed by atoms with van der Waals surface area (Å²) in [6.07, 6.45) is 5.44.